The van der Waals surface area contributed by atoms with E-state index in [4.69, 9.17) is 0 Å². The summed E-state index contributed by atoms with van der Waals surface area (Å²) in [5, 5.41) is 0. The van der Waals surface area contributed by atoms with Crippen molar-refractivity contribution in [3.63, 3.8) is 0 Å². The standard InChI is InChI=1S/C25H29/c1-24(2,3)20-14-10-18(11-15-20)22-8-7-9-23(22)19-12-16-21(17-13-19)25(4,5)6/h8,10-17H,7H2,1-6H3. The Kier molecular flexibility index (Phi) is 4.49. The first-order valence-electron chi connectivity index (χ1n) is 9.19. The van der Waals surface area contributed by atoms with Crippen molar-refractivity contribution in [2.24, 2.45) is 0 Å². The smallest absolute Gasteiger partial charge is 0.00702 e. The summed E-state index contributed by atoms with van der Waals surface area (Å²) in [6.07, 6.45) is 6.73. The molecule has 0 saturated heterocycles. The van der Waals surface area contributed by atoms with Crippen LogP contribution in [0.3, 0.4) is 0 Å². The molecule has 0 aromatic heterocycles. The molecule has 3 rings (SSSR count). The number of rotatable bonds is 2. The van der Waals surface area contributed by atoms with Crippen LogP contribution in [0.25, 0.3) is 11.1 Å². The summed E-state index contributed by atoms with van der Waals surface area (Å²) in [4.78, 5) is 0. The van der Waals surface area contributed by atoms with Crippen LogP contribution >= 0.6 is 0 Å². The van der Waals surface area contributed by atoms with E-state index in [1.165, 1.54) is 33.4 Å². The summed E-state index contributed by atoms with van der Waals surface area (Å²) >= 11 is 0. The molecular formula is C25H29. The second kappa shape index (κ2) is 6.33. The van der Waals surface area contributed by atoms with Crippen molar-refractivity contribution in [1.82, 2.24) is 0 Å². The summed E-state index contributed by atoms with van der Waals surface area (Å²) in [6.45, 7) is 13.5. The zero-order valence-electron chi connectivity index (χ0n) is 16.4. The highest BCUT2D eigenvalue weighted by Crippen LogP contribution is 2.37. The Bertz CT molecular complexity index is 727. The molecule has 1 aliphatic rings. The van der Waals surface area contributed by atoms with Crippen molar-refractivity contribution in [1.29, 1.82) is 0 Å². The van der Waals surface area contributed by atoms with E-state index >= 15 is 0 Å². The van der Waals surface area contributed by atoms with Gasteiger partial charge in [-0.15, -0.1) is 0 Å². The van der Waals surface area contributed by atoms with Crippen LogP contribution in [-0.4, -0.2) is 0 Å². The van der Waals surface area contributed by atoms with E-state index < -0.39 is 0 Å². The van der Waals surface area contributed by atoms with E-state index in [-0.39, 0.29) is 10.8 Å². The van der Waals surface area contributed by atoms with Crippen molar-refractivity contribution in [3.05, 3.63) is 82.9 Å². The minimum absolute atomic E-state index is 0.188. The van der Waals surface area contributed by atoms with Gasteiger partial charge in [0.15, 0.2) is 0 Å². The molecule has 1 radical (unpaired) electrons. The van der Waals surface area contributed by atoms with E-state index in [0.717, 1.165) is 6.42 Å². The third-order valence-electron chi connectivity index (χ3n) is 4.96. The average Bonchev–Trinajstić information content (AvgIpc) is 3.03. The average molecular weight is 330 g/mol. The number of hydrogen-bond acceptors (Lipinski definition) is 0. The number of hydrogen-bond donors (Lipinski definition) is 0. The van der Waals surface area contributed by atoms with Crippen LogP contribution < -0.4 is 0 Å². The zero-order valence-corrected chi connectivity index (χ0v) is 16.4. The van der Waals surface area contributed by atoms with Crippen LogP contribution in [0.1, 0.15) is 70.2 Å². The second-order valence-electron chi connectivity index (χ2n) is 9.03. The molecule has 0 bridgehead atoms. The van der Waals surface area contributed by atoms with Crippen molar-refractivity contribution in [3.8, 4) is 0 Å². The first kappa shape index (κ1) is 17.7. The monoisotopic (exact) mass is 329 g/mol. The van der Waals surface area contributed by atoms with Crippen LogP contribution in [0.5, 0.6) is 0 Å². The van der Waals surface area contributed by atoms with Crippen LogP contribution in [0.4, 0.5) is 0 Å². The third-order valence-corrected chi connectivity index (χ3v) is 4.96. The van der Waals surface area contributed by atoms with Gasteiger partial charge in [-0.25, -0.2) is 0 Å². The summed E-state index contributed by atoms with van der Waals surface area (Å²) in [7, 11) is 0. The van der Waals surface area contributed by atoms with Gasteiger partial charge in [-0.1, -0.05) is 96.1 Å². The highest BCUT2D eigenvalue weighted by atomic mass is 14.2. The molecule has 0 amide bonds. The van der Waals surface area contributed by atoms with Gasteiger partial charge in [0.2, 0.25) is 0 Å². The molecule has 2 aromatic rings. The predicted octanol–water partition coefficient (Wildman–Crippen LogP) is 6.96. The van der Waals surface area contributed by atoms with Gasteiger partial charge in [0.25, 0.3) is 0 Å². The molecule has 0 atom stereocenters. The van der Waals surface area contributed by atoms with Crippen molar-refractivity contribution in [2.75, 3.05) is 0 Å². The fourth-order valence-corrected chi connectivity index (χ4v) is 3.26. The van der Waals surface area contributed by atoms with Gasteiger partial charge < -0.3 is 0 Å². The quantitative estimate of drug-likeness (QED) is 0.559. The Labute approximate surface area is 153 Å². The first-order valence-corrected chi connectivity index (χ1v) is 9.19. The molecule has 0 nitrogen and oxygen atoms in total. The molecule has 0 aliphatic heterocycles. The maximum Gasteiger partial charge on any atom is -0.00702 e. The topological polar surface area (TPSA) is 0 Å². The molecule has 0 heteroatoms. The molecule has 1 aliphatic carbocycles. The number of allylic oxidation sites excluding steroid dienone is 4. The molecule has 0 N–H and O–H groups in total. The van der Waals surface area contributed by atoms with Gasteiger partial charge in [0, 0.05) is 0 Å². The lowest BCUT2D eigenvalue weighted by atomic mass is 9.84. The molecule has 0 unspecified atom stereocenters. The van der Waals surface area contributed by atoms with Crippen LogP contribution in [-0.2, 0) is 10.8 Å². The van der Waals surface area contributed by atoms with E-state index in [0.29, 0.717) is 0 Å². The SMILES string of the molecule is CC(C)(C)c1ccc(C2=[C]CC=C2c2ccc(C(C)(C)C)cc2)cc1. The van der Waals surface area contributed by atoms with Crippen molar-refractivity contribution < 1.29 is 0 Å². The lowest BCUT2D eigenvalue weighted by Gasteiger charge is -2.20. The molecular weight excluding hydrogens is 300 g/mol. The van der Waals surface area contributed by atoms with Gasteiger partial charge in [-0.2, -0.15) is 0 Å². The Hall–Kier alpha value is -2.08. The Morgan fingerprint density at radius 1 is 0.640 bits per heavy atom. The molecule has 0 fully saturated rings. The molecule has 25 heavy (non-hydrogen) atoms. The van der Waals surface area contributed by atoms with Crippen molar-refractivity contribution in [2.45, 2.75) is 58.8 Å². The first-order chi connectivity index (χ1) is 11.7. The normalized spacial score (nSPS) is 15.1. The summed E-state index contributed by atoms with van der Waals surface area (Å²) in [6, 6.07) is 18.0. The fourth-order valence-electron chi connectivity index (χ4n) is 3.26. The molecule has 2 aromatic carbocycles. The lowest BCUT2D eigenvalue weighted by molar-refractivity contribution is 0.590. The van der Waals surface area contributed by atoms with E-state index in [9.17, 15) is 0 Å². The minimum Gasteiger partial charge on any atom is -0.0716 e. The summed E-state index contributed by atoms with van der Waals surface area (Å²) in [5.74, 6) is 0. The van der Waals surface area contributed by atoms with Gasteiger partial charge in [0.05, 0.1) is 0 Å². The van der Waals surface area contributed by atoms with Gasteiger partial charge in [0.1, 0.15) is 0 Å². The van der Waals surface area contributed by atoms with E-state index in [1.54, 1.807) is 0 Å². The molecule has 0 spiro atoms. The highest BCUT2D eigenvalue weighted by molar-refractivity contribution is 6.05. The van der Waals surface area contributed by atoms with Crippen LogP contribution in [0.15, 0.2) is 54.6 Å². The fraction of sp³-hybridized carbons (Fsp3) is 0.360. The van der Waals surface area contributed by atoms with Gasteiger partial charge >= 0.3 is 0 Å². The Morgan fingerprint density at radius 3 is 1.52 bits per heavy atom. The minimum atomic E-state index is 0.188. The Morgan fingerprint density at radius 2 is 1.08 bits per heavy atom. The van der Waals surface area contributed by atoms with E-state index in [2.05, 4.69) is 102 Å². The zero-order chi connectivity index (χ0) is 18.2. The van der Waals surface area contributed by atoms with E-state index in [1.807, 2.05) is 0 Å². The maximum atomic E-state index is 3.55. The summed E-state index contributed by atoms with van der Waals surface area (Å²) in [5.41, 5.74) is 8.22. The van der Waals surface area contributed by atoms with Crippen LogP contribution in [0, 0.1) is 6.08 Å². The summed E-state index contributed by atoms with van der Waals surface area (Å²) < 4.78 is 0. The Balaban J connectivity index is 1.88. The van der Waals surface area contributed by atoms with Crippen LogP contribution in [0.2, 0.25) is 0 Å². The molecule has 129 valence electrons. The lowest BCUT2D eigenvalue weighted by Crippen LogP contribution is -2.10. The second-order valence-corrected chi connectivity index (χ2v) is 9.03. The van der Waals surface area contributed by atoms with Gasteiger partial charge in [-0.05, 0) is 56.7 Å². The van der Waals surface area contributed by atoms with Gasteiger partial charge in [-0.3, -0.25) is 0 Å². The molecule has 0 saturated carbocycles. The third kappa shape index (κ3) is 3.79. The maximum absolute atomic E-state index is 3.55. The molecule has 0 heterocycles. The predicted molar refractivity (Wildman–Crippen MR) is 110 cm³/mol. The largest absolute Gasteiger partial charge is 0.0716 e. The van der Waals surface area contributed by atoms with Crippen molar-refractivity contribution >= 4 is 11.1 Å². The highest BCUT2D eigenvalue weighted by Gasteiger charge is 2.18. The number of benzene rings is 2.